The Morgan fingerprint density at radius 1 is 0.953 bits per heavy atom. The van der Waals surface area contributed by atoms with Crippen LogP contribution in [0.2, 0.25) is 0 Å². The summed E-state index contributed by atoms with van der Waals surface area (Å²) in [5, 5.41) is 10.8. The zero-order valence-electron chi connectivity index (χ0n) is 25.8. The van der Waals surface area contributed by atoms with Crippen LogP contribution in [0, 0.1) is 0 Å². The maximum Gasteiger partial charge on any atom is 0.254 e. The van der Waals surface area contributed by atoms with Crippen molar-refractivity contribution >= 4 is 17.5 Å². The van der Waals surface area contributed by atoms with Gasteiger partial charge in [0.25, 0.3) is 5.91 Å². The van der Waals surface area contributed by atoms with Gasteiger partial charge in [-0.05, 0) is 68.1 Å². The van der Waals surface area contributed by atoms with Crippen molar-refractivity contribution < 1.29 is 14.7 Å². The molecule has 2 amide bonds. The monoisotopic (exact) mass is 585 g/mol. The standard InChI is InChI=1S/C35H47N5O3/c1-4-8-33(41)39-25-31-15-10-28(9-7-16-36-19-21-37(22-20-36)27(2)3)23-32(31)40(34(42)26-39)24-29-11-13-30(14-12-29)35(43)38-17-5-6-18-38/h4-6,10-15,23,27,33,41H,1,7-9,16-22,24-26H2,2-3H3. The molecule has 3 heterocycles. The molecule has 1 N–H and O–H groups in total. The minimum absolute atomic E-state index is 0.0195. The molecule has 1 atom stereocenters. The number of carbonyl (C=O) groups is 2. The quantitative estimate of drug-likeness (QED) is 0.404. The Bertz CT molecular complexity index is 1290. The Labute approximate surface area is 256 Å². The molecule has 3 aliphatic heterocycles. The van der Waals surface area contributed by atoms with Crippen LogP contribution >= 0.6 is 0 Å². The SMILES string of the molecule is C=CCC(O)N1CC(=O)N(Cc2ccc(C(=O)N3CC=CC3)cc2)c2cc(CCCN3CCN(C(C)C)CC3)ccc2C1. The number of aryl methyl sites for hydroxylation is 1. The average molecular weight is 586 g/mol. The number of piperazine rings is 1. The summed E-state index contributed by atoms with van der Waals surface area (Å²) in [5.74, 6) is -0.0311. The fraction of sp³-hybridized carbons (Fsp3) is 0.486. The van der Waals surface area contributed by atoms with Gasteiger partial charge in [-0.1, -0.05) is 42.5 Å². The first-order chi connectivity index (χ1) is 20.8. The molecule has 1 saturated heterocycles. The van der Waals surface area contributed by atoms with Gasteiger partial charge in [0.15, 0.2) is 0 Å². The van der Waals surface area contributed by atoms with Gasteiger partial charge >= 0.3 is 0 Å². The van der Waals surface area contributed by atoms with Crippen molar-refractivity contribution in [2.45, 2.75) is 58.5 Å². The van der Waals surface area contributed by atoms with Crippen LogP contribution in [0.4, 0.5) is 5.69 Å². The number of benzene rings is 2. The summed E-state index contributed by atoms with van der Waals surface area (Å²) < 4.78 is 0. The third kappa shape index (κ3) is 7.81. The van der Waals surface area contributed by atoms with E-state index < -0.39 is 6.23 Å². The molecule has 3 aliphatic rings. The Morgan fingerprint density at radius 2 is 1.65 bits per heavy atom. The van der Waals surface area contributed by atoms with Gasteiger partial charge in [0.05, 0.1) is 13.1 Å². The lowest BCUT2D eigenvalue weighted by Crippen LogP contribution is -2.48. The van der Waals surface area contributed by atoms with E-state index in [1.807, 2.05) is 46.2 Å². The van der Waals surface area contributed by atoms with Crippen LogP contribution in [0.5, 0.6) is 0 Å². The molecule has 5 rings (SSSR count). The Balaban J connectivity index is 1.30. The van der Waals surface area contributed by atoms with Crippen LogP contribution in [0.15, 0.2) is 67.3 Å². The van der Waals surface area contributed by atoms with Crippen molar-refractivity contribution in [3.8, 4) is 0 Å². The summed E-state index contributed by atoms with van der Waals surface area (Å²) >= 11 is 0. The van der Waals surface area contributed by atoms with Gasteiger partial charge in [-0.2, -0.15) is 0 Å². The molecule has 8 nitrogen and oxygen atoms in total. The zero-order chi connectivity index (χ0) is 30.3. The third-order valence-corrected chi connectivity index (χ3v) is 8.98. The van der Waals surface area contributed by atoms with Crippen molar-refractivity contribution in [1.82, 2.24) is 19.6 Å². The first kappa shape index (κ1) is 31.1. The molecular formula is C35H47N5O3. The van der Waals surface area contributed by atoms with E-state index in [0.717, 1.165) is 62.4 Å². The van der Waals surface area contributed by atoms with E-state index in [2.05, 4.69) is 48.4 Å². The van der Waals surface area contributed by atoms with Gasteiger partial charge in [0, 0.05) is 69.5 Å². The van der Waals surface area contributed by atoms with Gasteiger partial charge in [0.2, 0.25) is 5.91 Å². The number of carbonyl (C=O) groups excluding carboxylic acids is 2. The fourth-order valence-corrected chi connectivity index (χ4v) is 6.27. The molecule has 0 bridgehead atoms. The number of rotatable bonds is 11. The third-order valence-electron chi connectivity index (χ3n) is 8.98. The highest BCUT2D eigenvalue weighted by molar-refractivity contribution is 5.97. The van der Waals surface area contributed by atoms with Crippen molar-refractivity contribution in [3.63, 3.8) is 0 Å². The van der Waals surface area contributed by atoms with Crippen LogP contribution in [0.25, 0.3) is 0 Å². The smallest absolute Gasteiger partial charge is 0.254 e. The van der Waals surface area contributed by atoms with E-state index >= 15 is 0 Å². The molecule has 0 radical (unpaired) electrons. The highest BCUT2D eigenvalue weighted by atomic mass is 16.3. The number of fused-ring (bicyclic) bond motifs is 1. The highest BCUT2D eigenvalue weighted by Gasteiger charge is 2.30. The fourth-order valence-electron chi connectivity index (χ4n) is 6.27. The predicted octanol–water partition coefficient (Wildman–Crippen LogP) is 3.90. The van der Waals surface area contributed by atoms with Gasteiger partial charge in [0.1, 0.15) is 6.23 Å². The normalized spacial score (nSPS) is 19.1. The van der Waals surface area contributed by atoms with Crippen LogP contribution < -0.4 is 4.90 Å². The number of hydrogen-bond acceptors (Lipinski definition) is 6. The first-order valence-electron chi connectivity index (χ1n) is 15.8. The molecule has 0 saturated carbocycles. The molecule has 1 fully saturated rings. The highest BCUT2D eigenvalue weighted by Crippen LogP contribution is 2.30. The van der Waals surface area contributed by atoms with E-state index in [9.17, 15) is 14.7 Å². The predicted molar refractivity (Wildman–Crippen MR) is 172 cm³/mol. The van der Waals surface area contributed by atoms with Crippen molar-refractivity contribution in [2.24, 2.45) is 0 Å². The molecule has 43 heavy (non-hydrogen) atoms. The molecule has 8 heteroatoms. The van der Waals surface area contributed by atoms with Crippen molar-refractivity contribution in [1.29, 1.82) is 0 Å². The second-order valence-corrected chi connectivity index (χ2v) is 12.3. The Hall–Kier alpha value is -3.30. The summed E-state index contributed by atoms with van der Waals surface area (Å²) in [4.78, 5) is 37.1. The number of nitrogens with zero attached hydrogens (tertiary/aromatic N) is 5. The maximum absolute atomic E-state index is 13.7. The van der Waals surface area contributed by atoms with E-state index in [-0.39, 0.29) is 18.4 Å². The molecule has 0 spiro atoms. The number of hydrogen-bond donors (Lipinski definition) is 1. The number of anilines is 1. The van der Waals surface area contributed by atoms with Crippen LogP contribution in [-0.2, 0) is 24.3 Å². The van der Waals surface area contributed by atoms with Gasteiger partial charge < -0.3 is 19.8 Å². The lowest BCUT2D eigenvalue weighted by molar-refractivity contribution is -0.122. The van der Waals surface area contributed by atoms with E-state index in [0.29, 0.717) is 44.2 Å². The molecule has 2 aromatic rings. The van der Waals surface area contributed by atoms with Crippen molar-refractivity contribution in [3.05, 3.63) is 89.5 Å². The summed E-state index contributed by atoms with van der Waals surface area (Å²) in [5.41, 5.74) is 4.77. The van der Waals surface area contributed by atoms with E-state index in [1.165, 1.54) is 5.56 Å². The summed E-state index contributed by atoms with van der Waals surface area (Å²) in [6.07, 6.45) is 7.35. The lowest BCUT2D eigenvalue weighted by atomic mass is 10.0. The molecule has 1 unspecified atom stereocenters. The zero-order valence-corrected chi connectivity index (χ0v) is 25.8. The second kappa shape index (κ2) is 14.4. The van der Waals surface area contributed by atoms with Crippen LogP contribution in [0.3, 0.4) is 0 Å². The van der Waals surface area contributed by atoms with E-state index in [4.69, 9.17) is 0 Å². The summed E-state index contributed by atoms with van der Waals surface area (Å²) in [6.45, 7) is 16.2. The van der Waals surface area contributed by atoms with Gasteiger partial charge in [-0.25, -0.2) is 0 Å². The maximum atomic E-state index is 13.7. The van der Waals surface area contributed by atoms with Gasteiger partial charge in [-0.15, -0.1) is 6.58 Å². The minimum Gasteiger partial charge on any atom is -0.378 e. The molecular weight excluding hydrogens is 538 g/mol. The topological polar surface area (TPSA) is 70.6 Å². The summed E-state index contributed by atoms with van der Waals surface area (Å²) in [6, 6.07) is 14.7. The molecule has 0 aromatic heterocycles. The lowest BCUT2D eigenvalue weighted by Gasteiger charge is -2.36. The Kier molecular flexibility index (Phi) is 10.5. The van der Waals surface area contributed by atoms with Crippen LogP contribution in [0.1, 0.15) is 53.7 Å². The van der Waals surface area contributed by atoms with E-state index in [1.54, 1.807) is 11.0 Å². The van der Waals surface area contributed by atoms with Gasteiger partial charge in [-0.3, -0.25) is 19.4 Å². The largest absolute Gasteiger partial charge is 0.378 e. The molecule has 230 valence electrons. The minimum atomic E-state index is -0.768. The Morgan fingerprint density at radius 3 is 2.33 bits per heavy atom. The van der Waals surface area contributed by atoms with Crippen LogP contribution in [-0.4, -0.2) is 101 Å². The number of aliphatic hydroxyl groups excluding tert-OH is 1. The molecule has 2 aromatic carbocycles. The first-order valence-corrected chi connectivity index (χ1v) is 15.8. The molecule has 0 aliphatic carbocycles. The number of amides is 2. The average Bonchev–Trinajstić information content (AvgIpc) is 3.51. The van der Waals surface area contributed by atoms with Crippen molar-refractivity contribution in [2.75, 3.05) is 57.3 Å². The summed E-state index contributed by atoms with van der Waals surface area (Å²) in [7, 11) is 0. The second-order valence-electron chi connectivity index (χ2n) is 12.3. The number of aliphatic hydroxyl groups is 1.